The first-order valence-corrected chi connectivity index (χ1v) is 7.68. The Balaban J connectivity index is 2.40. The van der Waals surface area contributed by atoms with Crippen LogP contribution in [-0.2, 0) is 0 Å². The summed E-state index contributed by atoms with van der Waals surface area (Å²) >= 11 is 6.51. The monoisotopic (exact) mass is 279 g/mol. The van der Waals surface area contributed by atoms with E-state index in [0.29, 0.717) is 17.4 Å². The molecule has 19 heavy (non-hydrogen) atoms. The third kappa shape index (κ3) is 2.83. The molecule has 1 aliphatic rings. The lowest BCUT2D eigenvalue weighted by Gasteiger charge is -2.35. The molecule has 0 amide bonds. The summed E-state index contributed by atoms with van der Waals surface area (Å²) in [5.41, 5.74) is 4.27. The van der Waals surface area contributed by atoms with E-state index in [4.69, 9.17) is 11.6 Å². The summed E-state index contributed by atoms with van der Waals surface area (Å²) in [6.45, 7) is 9.08. The molecule has 0 radical (unpaired) electrons. The Hall–Kier alpha value is -0.530. The number of halogens is 1. The molecule has 0 aromatic heterocycles. The molecule has 1 aliphatic carbocycles. The topological polar surface area (TPSA) is 12.0 Å². The maximum Gasteiger partial charge on any atom is 0.0456 e. The molecule has 0 spiro atoms. The molecule has 0 aliphatic heterocycles. The lowest BCUT2D eigenvalue weighted by Crippen LogP contribution is -2.32. The normalized spacial score (nSPS) is 23.6. The summed E-state index contributed by atoms with van der Waals surface area (Å²) in [5, 5.41) is 4.43. The van der Waals surface area contributed by atoms with Gasteiger partial charge in [0.25, 0.3) is 0 Å². The zero-order valence-electron chi connectivity index (χ0n) is 12.8. The van der Waals surface area contributed by atoms with Crippen LogP contribution in [0.5, 0.6) is 0 Å². The van der Waals surface area contributed by atoms with Crippen LogP contribution in [0, 0.1) is 25.2 Å². The number of benzene rings is 1. The van der Waals surface area contributed by atoms with Crippen molar-refractivity contribution in [2.24, 2.45) is 11.3 Å². The van der Waals surface area contributed by atoms with E-state index in [-0.39, 0.29) is 0 Å². The van der Waals surface area contributed by atoms with Gasteiger partial charge in [0.2, 0.25) is 0 Å². The number of nitrogens with one attached hydrogen (secondary N) is 1. The predicted octanol–water partition coefficient (Wildman–Crippen LogP) is 5.04. The van der Waals surface area contributed by atoms with Crippen molar-refractivity contribution in [2.75, 3.05) is 7.05 Å². The van der Waals surface area contributed by atoms with Gasteiger partial charge in [0.1, 0.15) is 0 Å². The molecule has 1 aromatic rings. The lowest BCUT2D eigenvalue weighted by molar-refractivity contribution is 0.203. The molecule has 1 fully saturated rings. The van der Waals surface area contributed by atoms with Crippen molar-refractivity contribution >= 4 is 11.6 Å². The van der Waals surface area contributed by atoms with Gasteiger partial charge in [-0.25, -0.2) is 0 Å². The largest absolute Gasteiger partial charge is 0.313 e. The van der Waals surface area contributed by atoms with E-state index in [0.717, 1.165) is 5.02 Å². The lowest BCUT2D eigenvalue weighted by atomic mass is 9.75. The van der Waals surface area contributed by atoms with Gasteiger partial charge in [-0.1, -0.05) is 37.9 Å². The highest BCUT2D eigenvalue weighted by atomic mass is 35.5. The van der Waals surface area contributed by atoms with E-state index in [1.54, 1.807) is 0 Å². The van der Waals surface area contributed by atoms with Gasteiger partial charge in [-0.15, -0.1) is 0 Å². The molecule has 0 bridgehead atoms. The van der Waals surface area contributed by atoms with Crippen LogP contribution in [-0.4, -0.2) is 7.05 Å². The first-order chi connectivity index (χ1) is 8.86. The van der Waals surface area contributed by atoms with Gasteiger partial charge in [0.05, 0.1) is 0 Å². The third-order valence-corrected chi connectivity index (χ3v) is 5.33. The van der Waals surface area contributed by atoms with Crippen molar-refractivity contribution in [1.29, 1.82) is 0 Å². The van der Waals surface area contributed by atoms with Crippen molar-refractivity contribution in [2.45, 2.75) is 53.0 Å². The maximum atomic E-state index is 6.51. The van der Waals surface area contributed by atoms with Crippen LogP contribution in [0.1, 0.15) is 55.8 Å². The Labute approximate surface area is 122 Å². The third-order valence-electron chi connectivity index (χ3n) is 5.00. The minimum Gasteiger partial charge on any atom is -0.313 e. The summed E-state index contributed by atoms with van der Waals surface area (Å²) in [6.07, 6.45) is 3.94. The average Bonchev–Trinajstić information content (AvgIpc) is 2.67. The zero-order chi connectivity index (χ0) is 14.2. The number of hydrogen-bond donors (Lipinski definition) is 1. The molecular weight excluding hydrogens is 254 g/mol. The van der Waals surface area contributed by atoms with Crippen LogP contribution in [0.4, 0.5) is 0 Å². The number of aryl methyl sites for hydroxylation is 2. The second-order valence-corrected chi connectivity index (χ2v) is 7.12. The van der Waals surface area contributed by atoms with E-state index in [1.807, 2.05) is 0 Å². The van der Waals surface area contributed by atoms with E-state index >= 15 is 0 Å². The van der Waals surface area contributed by atoms with Crippen LogP contribution in [0.3, 0.4) is 0 Å². The first-order valence-electron chi connectivity index (χ1n) is 7.30. The molecule has 106 valence electrons. The smallest absolute Gasteiger partial charge is 0.0456 e. The Morgan fingerprint density at radius 2 is 1.89 bits per heavy atom. The molecule has 1 saturated carbocycles. The Kier molecular flexibility index (Phi) is 4.27. The highest BCUT2D eigenvalue weighted by Gasteiger charge is 2.40. The Bertz CT molecular complexity index is 465. The van der Waals surface area contributed by atoms with Gasteiger partial charge >= 0.3 is 0 Å². The SMILES string of the molecule is CNC(c1cc(C)c(C)cc1Cl)C1CCCC1(C)C. The van der Waals surface area contributed by atoms with Gasteiger partial charge in [0, 0.05) is 11.1 Å². The summed E-state index contributed by atoms with van der Waals surface area (Å²) in [7, 11) is 2.06. The summed E-state index contributed by atoms with van der Waals surface area (Å²) < 4.78 is 0. The number of hydrogen-bond acceptors (Lipinski definition) is 1. The Morgan fingerprint density at radius 1 is 1.26 bits per heavy atom. The fourth-order valence-electron chi connectivity index (χ4n) is 3.59. The van der Waals surface area contributed by atoms with E-state index in [9.17, 15) is 0 Å². The van der Waals surface area contributed by atoms with E-state index < -0.39 is 0 Å². The van der Waals surface area contributed by atoms with Gasteiger partial charge in [-0.05, 0) is 67.8 Å². The van der Waals surface area contributed by atoms with E-state index in [2.05, 4.69) is 52.2 Å². The maximum absolute atomic E-state index is 6.51. The molecular formula is C17H26ClN. The van der Waals surface area contributed by atoms with Crippen molar-refractivity contribution < 1.29 is 0 Å². The summed E-state index contributed by atoms with van der Waals surface area (Å²) in [6, 6.07) is 4.75. The fraction of sp³-hybridized carbons (Fsp3) is 0.647. The molecule has 1 N–H and O–H groups in total. The minimum absolute atomic E-state index is 0.365. The van der Waals surface area contributed by atoms with Crippen LogP contribution in [0.2, 0.25) is 5.02 Å². The standard InChI is InChI=1S/C17H26ClN/c1-11-9-13(15(18)10-12(11)2)16(19-5)14-7-6-8-17(14,3)4/h9-10,14,16,19H,6-8H2,1-5H3. The highest BCUT2D eigenvalue weighted by Crippen LogP contribution is 2.49. The summed E-state index contributed by atoms with van der Waals surface area (Å²) in [5.74, 6) is 0.664. The minimum atomic E-state index is 0.365. The second kappa shape index (κ2) is 5.46. The van der Waals surface area contributed by atoms with Crippen LogP contribution in [0.25, 0.3) is 0 Å². The Morgan fingerprint density at radius 3 is 2.42 bits per heavy atom. The van der Waals surface area contributed by atoms with Gasteiger partial charge in [-0.3, -0.25) is 0 Å². The van der Waals surface area contributed by atoms with Crippen molar-refractivity contribution in [3.63, 3.8) is 0 Å². The van der Waals surface area contributed by atoms with Gasteiger partial charge in [0.15, 0.2) is 0 Å². The highest BCUT2D eigenvalue weighted by molar-refractivity contribution is 6.31. The molecule has 1 nitrogen and oxygen atoms in total. The summed E-state index contributed by atoms with van der Waals surface area (Å²) in [4.78, 5) is 0. The average molecular weight is 280 g/mol. The predicted molar refractivity (Wildman–Crippen MR) is 83.8 cm³/mol. The quantitative estimate of drug-likeness (QED) is 0.817. The number of rotatable bonds is 3. The zero-order valence-corrected chi connectivity index (χ0v) is 13.6. The van der Waals surface area contributed by atoms with Crippen LogP contribution in [0.15, 0.2) is 12.1 Å². The molecule has 2 rings (SSSR count). The van der Waals surface area contributed by atoms with Crippen LogP contribution >= 0.6 is 11.6 Å². The second-order valence-electron chi connectivity index (χ2n) is 6.71. The van der Waals surface area contributed by atoms with Crippen LogP contribution < -0.4 is 5.32 Å². The van der Waals surface area contributed by atoms with Crippen molar-refractivity contribution in [3.8, 4) is 0 Å². The van der Waals surface area contributed by atoms with Crippen molar-refractivity contribution in [3.05, 3.63) is 33.8 Å². The molecule has 0 heterocycles. The molecule has 2 unspecified atom stereocenters. The van der Waals surface area contributed by atoms with Crippen molar-refractivity contribution in [1.82, 2.24) is 5.32 Å². The molecule has 0 saturated heterocycles. The molecule has 2 heteroatoms. The van der Waals surface area contributed by atoms with Gasteiger partial charge < -0.3 is 5.32 Å². The first kappa shape index (κ1) is 14.9. The van der Waals surface area contributed by atoms with E-state index in [1.165, 1.54) is 36.0 Å². The molecule has 2 atom stereocenters. The molecule has 1 aromatic carbocycles. The fourth-order valence-corrected chi connectivity index (χ4v) is 3.92. The van der Waals surface area contributed by atoms with Gasteiger partial charge in [-0.2, -0.15) is 0 Å².